The summed E-state index contributed by atoms with van der Waals surface area (Å²) in [6, 6.07) is 10.8. The molecule has 3 rings (SSSR count). The minimum absolute atomic E-state index is 0.110. The van der Waals surface area contributed by atoms with Gasteiger partial charge in [0.15, 0.2) is 11.5 Å². The van der Waals surface area contributed by atoms with Crippen molar-refractivity contribution in [3.05, 3.63) is 63.7 Å². The number of nitro groups is 1. The Kier molecular flexibility index (Phi) is 7.61. The van der Waals surface area contributed by atoms with Crippen LogP contribution in [-0.2, 0) is 14.3 Å². The molecule has 170 valence electrons. The van der Waals surface area contributed by atoms with Crippen molar-refractivity contribution in [3.63, 3.8) is 0 Å². The van der Waals surface area contributed by atoms with E-state index in [1.54, 1.807) is 42.2 Å². The molecule has 1 unspecified atom stereocenters. The lowest BCUT2D eigenvalue weighted by Gasteiger charge is -2.30. The van der Waals surface area contributed by atoms with Gasteiger partial charge in [0.2, 0.25) is 6.10 Å². The van der Waals surface area contributed by atoms with Crippen LogP contribution in [0.2, 0.25) is 0 Å². The van der Waals surface area contributed by atoms with Crippen molar-refractivity contribution < 1.29 is 33.5 Å². The van der Waals surface area contributed by atoms with Crippen molar-refractivity contribution in [2.45, 2.75) is 13.0 Å². The Morgan fingerprint density at radius 1 is 1.16 bits per heavy atom. The molecule has 1 aliphatic heterocycles. The van der Waals surface area contributed by atoms with E-state index in [2.05, 4.69) is 0 Å². The predicted octanol–water partition coefficient (Wildman–Crippen LogP) is 2.76. The number of amides is 1. The van der Waals surface area contributed by atoms with Gasteiger partial charge in [-0.2, -0.15) is 0 Å². The number of methoxy groups -OCH3 is 1. The van der Waals surface area contributed by atoms with Gasteiger partial charge in [0.1, 0.15) is 5.56 Å². The summed E-state index contributed by atoms with van der Waals surface area (Å²) in [6.07, 6.45) is -1.26. The largest absolute Gasteiger partial charge is 0.493 e. The maximum atomic E-state index is 13.2. The highest BCUT2D eigenvalue weighted by Gasteiger charge is 2.33. The van der Waals surface area contributed by atoms with E-state index in [1.807, 2.05) is 0 Å². The van der Waals surface area contributed by atoms with E-state index < -0.39 is 28.6 Å². The van der Waals surface area contributed by atoms with Gasteiger partial charge in [-0.15, -0.1) is 0 Å². The van der Waals surface area contributed by atoms with Gasteiger partial charge in [0.25, 0.3) is 11.6 Å². The highest BCUT2D eigenvalue weighted by Crippen LogP contribution is 2.36. The lowest BCUT2D eigenvalue weighted by molar-refractivity contribution is -0.385. The van der Waals surface area contributed by atoms with Crippen molar-refractivity contribution >= 4 is 17.6 Å². The second-order valence-corrected chi connectivity index (χ2v) is 6.84. The molecular formula is C22H24N2O8. The Bertz CT molecular complexity index is 973. The number of carbonyl (C=O) groups excluding carboxylic acids is 2. The van der Waals surface area contributed by atoms with Crippen molar-refractivity contribution in [2.24, 2.45) is 0 Å². The summed E-state index contributed by atoms with van der Waals surface area (Å²) < 4.78 is 21.4. The summed E-state index contributed by atoms with van der Waals surface area (Å²) in [6.45, 7) is 3.45. The van der Waals surface area contributed by atoms with Crippen LogP contribution in [0.1, 0.15) is 28.9 Å². The fourth-order valence-corrected chi connectivity index (χ4v) is 3.30. The molecule has 0 radical (unpaired) electrons. The maximum absolute atomic E-state index is 13.2. The van der Waals surface area contributed by atoms with E-state index in [0.717, 1.165) is 6.07 Å². The minimum atomic E-state index is -1.26. The van der Waals surface area contributed by atoms with Gasteiger partial charge in [0, 0.05) is 24.7 Å². The molecule has 0 spiro atoms. The van der Waals surface area contributed by atoms with Crippen molar-refractivity contribution in [3.8, 4) is 11.5 Å². The Balaban J connectivity index is 1.97. The number of esters is 1. The van der Waals surface area contributed by atoms with Crippen LogP contribution < -0.4 is 9.47 Å². The van der Waals surface area contributed by atoms with E-state index in [4.69, 9.17) is 18.9 Å². The Hall–Kier alpha value is -3.66. The molecule has 10 nitrogen and oxygen atoms in total. The summed E-state index contributed by atoms with van der Waals surface area (Å²) in [5.41, 5.74) is -0.394. The van der Waals surface area contributed by atoms with E-state index in [-0.39, 0.29) is 23.7 Å². The van der Waals surface area contributed by atoms with E-state index >= 15 is 0 Å². The molecular weight excluding hydrogens is 420 g/mol. The number of nitrogens with zero attached hydrogens (tertiary/aromatic N) is 2. The van der Waals surface area contributed by atoms with Gasteiger partial charge < -0.3 is 23.8 Å². The highest BCUT2D eigenvalue weighted by molar-refractivity contribution is 5.97. The molecule has 1 amide bonds. The molecule has 32 heavy (non-hydrogen) atoms. The number of benzene rings is 2. The lowest BCUT2D eigenvalue weighted by Crippen LogP contribution is -2.44. The van der Waals surface area contributed by atoms with Crippen LogP contribution >= 0.6 is 0 Å². The molecule has 2 aromatic rings. The highest BCUT2D eigenvalue weighted by atomic mass is 16.6. The van der Waals surface area contributed by atoms with Gasteiger partial charge in [-0.1, -0.05) is 30.3 Å². The standard InChI is InChI=1S/C22H24N2O8/c1-3-31-19-13-16(17(24(27)28)14-18(19)29-2)22(26)32-20(15-7-5-4-6-8-15)21(25)23-9-11-30-12-10-23/h4-8,13-14,20H,3,9-12H2,1-2H3. The average Bonchev–Trinajstić information content (AvgIpc) is 2.82. The van der Waals surface area contributed by atoms with Gasteiger partial charge in [-0.3, -0.25) is 14.9 Å². The summed E-state index contributed by atoms with van der Waals surface area (Å²) in [5, 5.41) is 11.6. The third kappa shape index (κ3) is 5.14. The minimum Gasteiger partial charge on any atom is -0.493 e. The number of carbonyl (C=O) groups is 2. The molecule has 1 fully saturated rings. The van der Waals surface area contributed by atoms with Gasteiger partial charge in [-0.05, 0) is 6.92 Å². The van der Waals surface area contributed by atoms with Crippen LogP contribution in [-0.4, -0.2) is 61.7 Å². The van der Waals surface area contributed by atoms with Crippen LogP contribution in [0.3, 0.4) is 0 Å². The first-order valence-electron chi connectivity index (χ1n) is 10.1. The predicted molar refractivity (Wildman–Crippen MR) is 113 cm³/mol. The normalized spacial score (nSPS) is 14.4. The first-order chi connectivity index (χ1) is 15.5. The fourth-order valence-electron chi connectivity index (χ4n) is 3.30. The second kappa shape index (κ2) is 10.6. The number of ether oxygens (including phenoxy) is 4. The van der Waals surface area contributed by atoms with Crippen LogP contribution in [0, 0.1) is 10.1 Å². The Morgan fingerprint density at radius 2 is 1.84 bits per heavy atom. The number of rotatable bonds is 8. The summed E-state index contributed by atoms with van der Waals surface area (Å²) >= 11 is 0. The molecule has 2 aromatic carbocycles. The zero-order chi connectivity index (χ0) is 23.1. The van der Waals surface area contributed by atoms with Crippen molar-refractivity contribution in [2.75, 3.05) is 40.0 Å². The van der Waals surface area contributed by atoms with Gasteiger partial charge in [0.05, 0.1) is 37.9 Å². The third-order valence-corrected chi connectivity index (χ3v) is 4.87. The quantitative estimate of drug-likeness (QED) is 0.347. The molecule has 0 N–H and O–H groups in total. The van der Waals surface area contributed by atoms with Crippen LogP contribution in [0.4, 0.5) is 5.69 Å². The molecule has 1 saturated heterocycles. The molecule has 1 aliphatic rings. The third-order valence-electron chi connectivity index (χ3n) is 4.87. The average molecular weight is 444 g/mol. The molecule has 0 saturated carbocycles. The Labute approximate surface area is 184 Å². The number of morpholine rings is 1. The van der Waals surface area contributed by atoms with Crippen molar-refractivity contribution in [1.29, 1.82) is 0 Å². The SMILES string of the molecule is CCOc1cc(C(=O)OC(C(=O)N2CCOCC2)c2ccccc2)c([N+](=O)[O-])cc1OC. The molecule has 10 heteroatoms. The van der Waals surface area contributed by atoms with E-state index in [9.17, 15) is 19.7 Å². The smallest absolute Gasteiger partial charge is 0.346 e. The van der Waals surface area contributed by atoms with Crippen molar-refractivity contribution in [1.82, 2.24) is 4.90 Å². The molecule has 0 aliphatic carbocycles. The van der Waals surface area contributed by atoms with Crippen LogP contribution in [0.25, 0.3) is 0 Å². The van der Waals surface area contributed by atoms with E-state index in [0.29, 0.717) is 31.9 Å². The topological polar surface area (TPSA) is 117 Å². The Morgan fingerprint density at radius 3 is 2.44 bits per heavy atom. The number of hydrogen-bond acceptors (Lipinski definition) is 8. The molecule has 1 atom stereocenters. The lowest BCUT2D eigenvalue weighted by atomic mass is 10.1. The van der Waals surface area contributed by atoms with E-state index in [1.165, 1.54) is 13.2 Å². The monoisotopic (exact) mass is 444 g/mol. The zero-order valence-corrected chi connectivity index (χ0v) is 17.8. The summed E-state index contributed by atoms with van der Waals surface area (Å²) in [5.74, 6) is -1.17. The fraction of sp³-hybridized carbons (Fsp3) is 0.364. The number of hydrogen-bond donors (Lipinski definition) is 0. The number of nitro benzene ring substituents is 1. The molecule has 0 aromatic heterocycles. The zero-order valence-electron chi connectivity index (χ0n) is 17.8. The first-order valence-corrected chi connectivity index (χ1v) is 10.1. The van der Waals surface area contributed by atoms with Gasteiger partial charge in [-0.25, -0.2) is 4.79 Å². The van der Waals surface area contributed by atoms with Gasteiger partial charge >= 0.3 is 5.97 Å². The second-order valence-electron chi connectivity index (χ2n) is 6.84. The van der Waals surface area contributed by atoms with Crippen LogP contribution in [0.5, 0.6) is 11.5 Å². The maximum Gasteiger partial charge on any atom is 0.346 e. The summed E-state index contributed by atoms with van der Waals surface area (Å²) in [7, 11) is 1.34. The molecule has 0 bridgehead atoms. The summed E-state index contributed by atoms with van der Waals surface area (Å²) in [4.78, 5) is 38.7. The van der Waals surface area contributed by atoms with Crippen LogP contribution in [0.15, 0.2) is 42.5 Å². The molecule has 1 heterocycles. The first kappa shape index (κ1) is 23.0.